The normalized spacial score (nSPS) is 22.7. The van der Waals surface area contributed by atoms with E-state index in [9.17, 15) is 0 Å². The number of ether oxygens (including phenoxy) is 2. The van der Waals surface area contributed by atoms with E-state index in [0.29, 0.717) is 6.79 Å². The molecule has 2 heterocycles. The highest BCUT2D eigenvalue weighted by Gasteiger charge is 2.50. The Balaban J connectivity index is 1.81. The van der Waals surface area contributed by atoms with Gasteiger partial charge in [-0.15, -0.1) is 0 Å². The largest absolute Gasteiger partial charge is 0.487 e. The van der Waals surface area contributed by atoms with E-state index < -0.39 is 0 Å². The molecule has 2 aliphatic heterocycles. The Morgan fingerprint density at radius 2 is 1.67 bits per heavy atom. The van der Waals surface area contributed by atoms with Crippen LogP contribution in [0.3, 0.4) is 0 Å². The summed E-state index contributed by atoms with van der Waals surface area (Å²) in [4.78, 5) is 0. The summed E-state index contributed by atoms with van der Waals surface area (Å²) in [6.07, 6.45) is 0. The smallest absolute Gasteiger partial charge is 0.454 e. The molecular formula is C16H21BO4. The molecule has 0 spiro atoms. The quantitative estimate of drug-likeness (QED) is 0.781. The molecule has 0 bridgehead atoms. The Hall–Kier alpha value is -1.46. The molecule has 112 valence electrons. The van der Waals surface area contributed by atoms with E-state index in [2.05, 4.69) is 27.7 Å². The van der Waals surface area contributed by atoms with Crippen LogP contribution in [-0.2, 0) is 9.31 Å². The predicted molar refractivity (Wildman–Crippen MR) is 82.3 cm³/mol. The molecule has 3 rings (SSSR count). The zero-order valence-corrected chi connectivity index (χ0v) is 13.2. The average Bonchev–Trinajstić information content (AvgIpc) is 2.90. The van der Waals surface area contributed by atoms with Gasteiger partial charge in [-0.3, -0.25) is 0 Å². The first-order chi connectivity index (χ1) is 9.78. The van der Waals surface area contributed by atoms with Gasteiger partial charge in [0.25, 0.3) is 0 Å². The standard InChI is InChI=1S/C16H21BO4/c1-11(9-17-20-15(2,3)16(4,5)21-17)12-6-7-13-14(8-12)19-10-18-13/h6-9H,10H2,1-5H3/b11-9-. The second kappa shape index (κ2) is 4.78. The van der Waals surface area contributed by atoms with Crippen LogP contribution in [0.1, 0.15) is 40.2 Å². The average molecular weight is 288 g/mol. The third-order valence-corrected chi connectivity index (χ3v) is 4.49. The van der Waals surface area contributed by atoms with Gasteiger partial charge in [0.1, 0.15) is 0 Å². The number of hydrogen-bond acceptors (Lipinski definition) is 4. The van der Waals surface area contributed by atoms with Crippen molar-refractivity contribution in [3.63, 3.8) is 0 Å². The van der Waals surface area contributed by atoms with Gasteiger partial charge in [0.2, 0.25) is 6.79 Å². The van der Waals surface area contributed by atoms with Crippen LogP contribution < -0.4 is 9.47 Å². The Morgan fingerprint density at radius 3 is 2.33 bits per heavy atom. The van der Waals surface area contributed by atoms with Gasteiger partial charge in [-0.05, 0) is 52.3 Å². The fourth-order valence-corrected chi connectivity index (χ4v) is 2.40. The molecule has 0 unspecified atom stereocenters. The molecule has 0 N–H and O–H groups in total. The molecular weight excluding hydrogens is 267 g/mol. The highest BCUT2D eigenvalue weighted by Crippen LogP contribution is 2.38. The fraction of sp³-hybridized carbons (Fsp3) is 0.500. The van der Waals surface area contributed by atoms with E-state index in [1.807, 2.05) is 31.1 Å². The number of benzene rings is 1. The highest BCUT2D eigenvalue weighted by atomic mass is 16.7. The van der Waals surface area contributed by atoms with Crippen LogP contribution in [-0.4, -0.2) is 25.1 Å². The minimum absolute atomic E-state index is 0.290. The highest BCUT2D eigenvalue weighted by molar-refractivity contribution is 6.53. The Bertz CT molecular complexity index is 576. The lowest BCUT2D eigenvalue weighted by Gasteiger charge is -2.32. The van der Waals surface area contributed by atoms with Crippen molar-refractivity contribution in [3.05, 3.63) is 29.7 Å². The summed E-state index contributed by atoms with van der Waals surface area (Å²) >= 11 is 0. The number of fused-ring (bicyclic) bond motifs is 1. The van der Waals surface area contributed by atoms with Crippen molar-refractivity contribution in [1.82, 2.24) is 0 Å². The second-order valence-electron chi connectivity index (χ2n) is 6.54. The van der Waals surface area contributed by atoms with Crippen LogP contribution in [0.2, 0.25) is 0 Å². The first-order valence-corrected chi connectivity index (χ1v) is 7.23. The van der Waals surface area contributed by atoms with Gasteiger partial charge in [-0.1, -0.05) is 17.6 Å². The van der Waals surface area contributed by atoms with Gasteiger partial charge in [0.15, 0.2) is 11.5 Å². The van der Waals surface area contributed by atoms with Gasteiger partial charge in [0.05, 0.1) is 11.2 Å². The molecule has 4 nitrogen and oxygen atoms in total. The van der Waals surface area contributed by atoms with Gasteiger partial charge in [-0.2, -0.15) is 0 Å². The molecule has 5 heteroatoms. The van der Waals surface area contributed by atoms with Crippen molar-refractivity contribution >= 4 is 12.7 Å². The Labute approximate surface area is 126 Å². The topological polar surface area (TPSA) is 36.9 Å². The van der Waals surface area contributed by atoms with Crippen LogP contribution in [0, 0.1) is 0 Å². The van der Waals surface area contributed by atoms with Crippen molar-refractivity contribution in [2.24, 2.45) is 0 Å². The molecule has 0 aromatic heterocycles. The van der Waals surface area contributed by atoms with Crippen LogP contribution in [0.5, 0.6) is 11.5 Å². The van der Waals surface area contributed by atoms with E-state index in [4.69, 9.17) is 18.8 Å². The van der Waals surface area contributed by atoms with Crippen LogP contribution in [0.4, 0.5) is 0 Å². The minimum Gasteiger partial charge on any atom is -0.454 e. The molecule has 0 radical (unpaired) electrons. The summed E-state index contributed by atoms with van der Waals surface area (Å²) in [5.74, 6) is 3.59. The van der Waals surface area contributed by atoms with Crippen LogP contribution >= 0.6 is 0 Å². The maximum absolute atomic E-state index is 5.99. The lowest BCUT2D eigenvalue weighted by atomic mass is 9.85. The van der Waals surface area contributed by atoms with Gasteiger partial charge >= 0.3 is 7.12 Å². The zero-order chi connectivity index (χ0) is 15.3. The molecule has 2 aliphatic rings. The zero-order valence-electron chi connectivity index (χ0n) is 13.2. The third kappa shape index (κ3) is 2.56. The number of allylic oxidation sites excluding steroid dienone is 1. The van der Waals surface area contributed by atoms with Crippen molar-refractivity contribution in [3.8, 4) is 11.5 Å². The molecule has 1 fully saturated rings. The maximum atomic E-state index is 5.99. The number of hydrogen-bond donors (Lipinski definition) is 0. The number of rotatable bonds is 2. The van der Waals surface area contributed by atoms with Gasteiger partial charge in [-0.25, -0.2) is 0 Å². The van der Waals surface area contributed by atoms with Crippen molar-refractivity contribution in [1.29, 1.82) is 0 Å². The molecule has 1 saturated heterocycles. The first kappa shape index (κ1) is 14.5. The predicted octanol–water partition coefficient (Wildman–Crippen LogP) is 3.45. The van der Waals surface area contributed by atoms with Crippen molar-refractivity contribution in [2.45, 2.75) is 45.8 Å². The monoisotopic (exact) mass is 288 g/mol. The van der Waals surface area contributed by atoms with Crippen molar-refractivity contribution < 1.29 is 18.8 Å². The summed E-state index contributed by atoms with van der Waals surface area (Å²) in [7, 11) is -0.333. The van der Waals surface area contributed by atoms with Gasteiger partial charge in [0, 0.05) is 0 Å². The lowest BCUT2D eigenvalue weighted by molar-refractivity contribution is 0.00578. The molecule has 0 atom stereocenters. The molecule has 1 aromatic carbocycles. The summed E-state index contributed by atoms with van der Waals surface area (Å²) in [5.41, 5.74) is 1.54. The van der Waals surface area contributed by atoms with E-state index in [1.54, 1.807) is 0 Å². The Kier molecular flexibility index (Phi) is 3.30. The van der Waals surface area contributed by atoms with Crippen molar-refractivity contribution in [2.75, 3.05) is 6.79 Å². The molecule has 0 aliphatic carbocycles. The second-order valence-corrected chi connectivity index (χ2v) is 6.54. The molecule has 0 saturated carbocycles. The fourth-order valence-electron chi connectivity index (χ4n) is 2.40. The lowest BCUT2D eigenvalue weighted by Crippen LogP contribution is -2.41. The first-order valence-electron chi connectivity index (χ1n) is 7.23. The van der Waals surface area contributed by atoms with E-state index >= 15 is 0 Å². The molecule has 1 aromatic rings. The summed E-state index contributed by atoms with van der Waals surface area (Å²) < 4.78 is 22.7. The SMILES string of the molecule is C/C(=C/B1OC(C)(C)C(C)(C)O1)c1ccc2c(c1)OCO2. The molecule has 0 amide bonds. The van der Waals surface area contributed by atoms with Crippen LogP contribution in [0.25, 0.3) is 5.57 Å². The summed E-state index contributed by atoms with van der Waals surface area (Å²) in [6.45, 7) is 10.5. The Morgan fingerprint density at radius 1 is 1.05 bits per heavy atom. The van der Waals surface area contributed by atoms with E-state index in [-0.39, 0.29) is 18.3 Å². The van der Waals surface area contributed by atoms with E-state index in [1.165, 1.54) is 0 Å². The molecule has 21 heavy (non-hydrogen) atoms. The maximum Gasteiger partial charge on any atom is 0.487 e. The third-order valence-electron chi connectivity index (χ3n) is 4.49. The summed E-state index contributed by atoms with van der Waals surface area (Å²) in [6, 6.07) is 5.93. The summed E-state index contributed by atoms with van der Waals surface area (Å²) in [5, 5.41) is 0. The van der Waals surface area contributed by atoms with Gasteiger partial charge < -0.3 is 18.8 Å². The minimum atomic E-state index is -0.333. The van der Waals surface area contributed by atoms with E-state index in [0.717, 1.165) is 22.6 Å². The van der Waals surface area contributed by atoms with Crippen LogP contribution in [0.15, 0.2) is 24.2 Å².